The van der Waals surface area contributed by atoms with Crippen molar-refractivity contribution < 1.29 is 0 Å². The first-order chi connectivity index (χ1) is 7.68. The molecule has 1 aromatic heterocycles. The maximum Gasteiger partial charge on any atom is 0.0569 e. The van der Waals surface area contributed by atoms with Gasteiger partial charge in [0.1, 0.15) is 0 Å². The first-order valence-electron chi connectivity index (χ1n) is 5.10. The highest BCUT2D eigenvalue weighted by molar-refractivity contribution is 14.1. The fraction of sp³-hybridized carbons (Fsp3) is 0.154. The minimum atomic E-state index is -0.0941. The SMILES string of the molecule is Cc1ccncc1C(N)c1cccc(I)c1. The van der Waals surface area contributed by atoms with Crippen LogP contribution in [0.1, 0.15) is 22.7 Å². The molecule has 0 saturated heterocycles. The Morgan fingerprint density at radius 1 is 1.31 bits per heavy atom. The lowest BCUT2D eigenvalue weighted by Crippen LogP contribution is -2.13. The van der Waals surface area contributed by atoms with Crippen molar-refractivity contribution in [3.8, 4) is 0 Å². The van der Waals surface area contributed by atoms with Crippen molar-refractivity contribution in [2.24, 2.45) is 5.73 Å². The molecule has 16 heavy (non-hydrogen) atoms. The van der Waals surface area contributed by atoms with Gasteiger partial charge in [-0.2, -0.15) is 0 Å². The van der Waals surface area contributed by atoms with Gasteiger partial charge in [0, 0.05) is 16.0 Å². The maximum atomic E-state index is 6.24. The second kappa shape index (κ2) is 4.93. The van der Waals surface area contributed by atoms with Crippen molar-refractivity contribution in [2.75, 3.05) is 0 Å². The van der Waals surface area contributed by atoms with Gasteiger partial charge >= 0.3 is 0 Å². The number of benzene rings is 1. The van der Waals surface area contributed by atoms with Crippen LogP contribution in [0.5, 0.6) is 0 Å². The lowest BCUT2D eigenvalue weighted by atomic mass is 9.98. The fourth-order valence-electron chi connectivity index (χ4n) is 1.68. The molecule has 0 aliphatic carbocycles. The number of rotatable bonds is 2. The van der Waals surface area contributed by atoms with Crippen LogP contribution in [0.3, 0.4) is 0 Å². The molecule has 0 amide bonds. The molecule has 2 aromatic rings. The molecule has 2 rings (SSSR count). The van der Waals surface area contributed by atoms with E-state index in [2.05, 4.69) is 52.7 Å². The van der Waals surface area contributed by atoms with Crippen LogP contribution in [0.15, 0.2) is 42.7 Å². The van der Waals surface area contributed by atoms with E-state index in [0.717, 1.165) is 11.1 Å². The van der Waals surface area contributed by atoms with E-state index in [1.165, 1.54) is 9.13 Å². The molecule has 82 valence electrons. The summed E-state index contributed by atoms with van der Waals surface area (Å²) < 4.78 is 1.20. The summed E-state index contributed by atoms with van der Waals surface area (Å²) in [5, 5.41) is 0. The van der Waals surface area contributed by atoms with Crippen molar-refractivity contribution in [1.29, 1.82) is 0 Å². The van der Waals surface area contributed by atoms with Gasteiger partial charge in [-0.15, -0.1) is 0 Å². The quantitative estimate of drug-likeness (QED) is 0.863. The summed E-state index contributed by atoms with van der Waals surface area (Å²) in [5.74, 6) is 0. The van der Waals surface area contributed by atoms with E-state index in [9.17, 15) is 0 Å². The zero-order valence-electron chi connectivity index (χ0n) is 9.02. The Morgan fingerprint density at radius 2 is 2.12 bits per heavy atom. The van der Waals surface area contributed by atoms with Crippen molar-refractivity contribution in [2.45, 2.75) is 13.0 Å². The summed E-state index contributed by atoms with van der Waals surface area (Å²) in [6.07, 6.45) is 3.64. The standard InChI is InChI=1S/C13H13IN2/c1-9-5-6-16-8-12(9)13(15)10-3-2-4-11(14)7-10/h2-8,13H,15H2,1H3. The van der Waals surface area contributed by atoms with Crippen LogP contribution in [0.25, 0.3) is 0 Å². The van der Waals surface area contributed by atoms with Gasteiger partial charge in [0.25, 0.3) is 0 Å². The number of pyridine rings is 1. The Bertz CT molecular complexity index is 497. The number of nitrogens with two attached hydrogens (primary N) is 1. The number of halogens is 1. The first kappa shape index (κ1) is 11.5. The molecule has 1 aromatic carbocycles. The second-order valence-electron chi connectivity index (χ2n) is 3.76. The summed E-state index contributed by atoms with van der Waals surface area (Å²) in [7, 11) is 0. The molecule has 0 fully saturated rings. The van der Waals surface area contributed by atoms with Crippen LogP contribution in [-0.4, -0.2) is 4.98 Å². The molecule has 0 radical (unpaired) electrons. The third-order valence-electron chi connectivity index (χ3n) is 2.62. The topological polar surface area (TPSA) is 38.9 Å². The fourth-order valence-corrected chi connectivity index (χ4v) is 2.25. The predicted octanol–water partition coefficient (Wildman–Crippen LogP) is 3.04. The number of hydrogen-bond donors (Lipinski definition) is 1. The van der Waals surface area contributed by atoms with Crippen LogP contribution in [0, 0.1) is 10.5 Å². The van der Waals surface area contributed by atoms with Crippen molar-refractivity contribution in [3.63, 3.8) is 0 Å². The van der Waals surface area contributed by atoms with E-state index < -0.39 is 0 Å². The van der Waals surface area contributed by atoms with Gasteiger partial charge in [-0.3, -0.25) is 4.98 Å². The lowest BCUT2D eigenvalue weighted by Gasteiger charge is -2.14. The highest BCUT2D eigenvalue weighted by atomic mass is 127. The summed E-state index contributed by atoms with van der Waals surface area (Å²) in [4.78, 5) is 4.13. The van der Waals surface area contributed by atoms with Crippen LogP contribution in [-0.2, 0) is 0 Å². The van der Waals surface area contributed by atoms with Crippen LogP contribution < -0.4 is 5.73 Å². The summed E-state index contributed by atoms with van der Waals surface area (Å²) >= 11 is 2.30. The minimum absolute atomic E-state index is 0.0941. The number of aryl methyl sites for hydroxylation is 1. The van der Waals surface area contributed by atoms with Crippen LogP contribution >= 0.6 is 22.6 Å². The predicted molar refractivity (Wildman–Crippen MR) is 74.2 cm³/mol. The summed E-state index contributed by atoms with van der Waals surface area (Å²) in [6.45, 7) is 2.06. The molecule has 1 heterocycles. The van der Waals surface area contributed by atoms with Crippen molar-refractivity contribution >= 4 is 22.6 Å². The largest absolute Gasteiger partial charge is 0.320 e. The molecule has 0 saturated carbocycles. The van der Waals surface area contributed by atoms with Gasteiger partial charge < -0.3 is 5.73 Å². The molecule has 0 bridgehead atoms. The third-order valence-corrected chi connectivity index (χ3v) is 3.29. The Kier molecular flexibility index (Phi) is 3.56. The Morgan fingerprint density at radius 3 is 2.81 bits per heavy atom. The zero-order chi connectivity index (χ0) is 11.5. The molecule has 0 aliphatic rings. The van der Waals surface area contributed by atoms with Crippen LogP contribution in [0.2, 0.25) is 0 Å². The number of hydrogen-bond acceptors (Lipinski definition) is 2. The normalized spacial score (nSPS) is 12.4. The average molecular weight is 324 g/mol. The van der Waals surface area contributed by atoms with Gasteiger partial charge in [-0.05, 0) is 64.4 Å². The van der Waals surface area contributed by atoms with Gasteiger partial charge in [-0.25, -0.2) is 0 Å². The third kappa shape index (κ3) is 2.41. The molecular formula is C13H13IN2. The van der Waals surface area contributed by atoms with E-state index in [0.29, 0.717) is 0 Å². The van der Waals surface area contributed by atoms with Crippen molar-refractivity contribution in [3.05, 3.63) is 63.0 Å². The zero-order valence-corrected chi connectivity index (χ0v) is 11.2. The molecule has 2 nitrogen and oxygen atoms in total. The molecule has 1 unspecified atom stereocenters. The number of aromatic nitrogens is 1. The van der Waals surface area contributed by atoms with E-state index >= 15 is 0 Å². The van der Waals surface area contributed by atoms with E-state index in [1.807, 2.05) is 18.3 Å². The second-order valence-corrected chi connectivity index (χ2v) is 5.01. The Balaban J connectivity index is 2.39. The smallest absolute Gasteiger partial charge is 0.0569 e. The molecule has 2 N–H and O–H groups in total. The van der Waals surface area contributed by atoms with Crippen molar-refractivity contribution in [1.82, 2.24) is 4.98 Å². The monoisotopic (exact) mass is 324 g/mol. The molecule has 1 atom stereocenters. The molecular weight excluding hydrogens is 311 g/mol. The van der Waals surface area contributed by atoms with Gasteiger partial charge in [0.05, 0.1) is 6.04 Å². The van der Waals surface area contributed by atoms with E-state index in [4.69, 9.17) is 5.73 Å². The molecule has 0 aliphatic heterocycles. The average Bonchev–Trinajstić information content (AvgIpc) is 2.29. The highest BCUT2D eigenvalue weighted by Gasteiger charge is 2.11. The lowest BCUT2D eigenvalue weighted by molar-refractivity contribution is 0.852. The summed E-state index contributed by atoms with van der Waals surface area (Å²) in [5.41, 5.74) is 9.64. The van der Waals surface area contributed by atoms with Gasteiger partial charge in [0.15, 0.2) is 0 Å². The first-order valence-corrected chi connectivity index (χ1v) is 6.18. The Hall–Kier alpha value is -0.940. The number of nitrogens with zero attached hydrogens (tertiary/aromatic N) is 1. The van der Waals surface area contributed by atoms with Crippen LogP contribution in [0.4, 0.5) is 0 Å². The molecule has 0 spiro atoms. The van der Waals surface area contributed by atoms with E-state index in [1.54, 1.807) is 6.20 Å². The maximum absolute atomic E-state index is 6.24. The van der Waals surface area contributed by atoms with Gasteiger partial charge in [0.2, 0.25) is 0 Å². The van der Waals surface area contributed by atoms with Gasteiger partial charge in [-0.1, -0.05) is 12.1 Å². The summed E-state index contributed by atoms with van der Waals surface area (Å²) in [6, 6.07) is 10.2. The molecule has 3 heteroatoms. The Labute approximate surface area is 109 Å². The minimum Gasteiger partial charge on any atom is -0.320 e. The highest BCUT2D eigenvalue weighted by Crippen LogP contribution is 2.22. The van der Waals surface area contributed by atoms with E-state index in [-0.39, 0.29) is 6.04 Å².